The van der Waals surface area contributed by atoms with E-state index in [0.717, 1.165) is 62.6 Å². The Kier molecular flexibility index (Phi) is 4.06. The largest absolute Gasteiger partial charge is 0.382 e. The lowest BCUT2D eigenvalue weighted by Crippen LogP contribution is -2.33. The van der Waals surface area contributed by atoms with Gasteiger partial charge in [-0.3, -0.25) is 4.79 Å². The normalized spacial score (nSPS) is 18.6. The molecular weight excluding hydrogens is 254 g/mol. The summed E-state index contributed by atoms with van der Waals surface area (Å²) in [6.45, 7) is 4.09. The van der Waals surface area contributed by atoms with Crippen molar-refractivity contribution in [2.24, 2.45) is 5.92 Å². The van der Waals surface area contributed by atoms with Crippen LogP contribution < -0.4 is 16.0 Å². The standard InChI is InChI=1S/C15H21N3O2/c19-15(18-10-11-4-8-20-9-5-11)12-2-1-3-13-14(12)17-7-6-16-13/h1-3,11,16-17H,4-10H2,(H,18,19). The maximum atomic E-state index is 12.3. The average molecular weight is 275 g/mol. The molecule has 1 saturated heterocycles. The molecule has 5 nitrogen and oxygen atoms in total. The molecule has 1 aromatic carbocycles. The zero-order chi connectivity index (χ0) is 13.8. The molecule has 0 saturated carbocycles. The summed E-state index contributed by atoms with van der Waals surface area (Å²) in [6, 6.07) is 5.79. The number of hydrogen-bond donors (Lipinski definition) is 3. The maximum Gasteiger partial charge on any atom is 0.253 e. The van der Waals surface area contributed by atoms with Crippen LogP contribution >= 0.6 is 0 Å². The number of rotatable bonds is 3. The number of carbonyl (C=O) groups is 1. The van der Waals surface area contributed by atoms with Gasteiger partial charge in [0.1, 0.15) is 0 Å². The number of para-hydroxylation sites is 1. The van der Waals surface area contributed by atoms with Crippen molar-refractivity contribution in [3.05, 3.63) is 23.8 Å². The van der Waals surface area contributed by atoms with Crippen molar-refractivity contribution in [2.75, 3.05) is 43.5 Å². The van der Waals surface area contributed by atoms with Gasteiger partial charge in [0, 0.05) is 32.8 Å². The molecule has 2 heterocycles. The number of ether oxygens (including phenoxy) is 1. The first-order valence-corrected chi connectivity index (χ1v) is 7.31. The molecule has 20 heavy (non-hydrogen) atoms. The lowest BCUT2D eigenvalue weighted by Gasteiger charge is -2.24. The molecule has 0 aromatic heterocycles. The molecule has 0 aliphatic carbocycles. The fraction of sp³-hybridized carbons (Fsp3) is 0.533. The van der Waals surface area contributed by atoms with E-state index in [4.69, 9.17) is 4.74 Å². The van der Waals surface area contributed by atoms with Crippen molar-refractivity contribution in [1.82, 2.24) is 5.32 Å². The molecule has 0 bridgehead atoms. The van der Waals surface area contributed by atoms with Gasteiger partial charge in [0.2, 0.25) is 0 Å². The highest BCUT2D eigenvalue weighted by atomic mass is 16.5. The van der Waals surface area contributed by atoms with Crippen molar-refractivity contribution in [3.63, 3.8) is 0 Å². The Morgan fingerprint density at radius 2 is 2.05 bits per heavy atom. The molecule has 1 fully saturated rings. The third-order valence-corrected chi connectivity index (χ3v) is 3.94. The van der Waals surface area contributed by atoms with Crippen LogP contribution in [0.2, 0.25) is 0 Å². The van der Waals surface area contributed by atoms with Crippen molar-refractivity contribution >= 4 is 17.3 Å². The number of fused-ring (bicyclic) bond motifs is 1. The lowest BCUT2D eigenvalue weighted by atomic mass is 10.00. The summed E-state index contributed by atoms with van der Waals surface area (Å²) in [6.07, 6.45) is 2.07. The van der Waals surface area contributed by atoms with Crippen LogP contribution in [0.15, 0.2) is 18.2 Å². The molecule has 0 spiro atoms. The molecule has 3 N–H and O–H groups in total. The van der Waals surface area contributed by atoms with Gasteiger partial charge in [-0.15, -0.1) is 0 Å². The summed E-state index contributed by atoms with van der Waals surface area (Å²) in [5, 5.41) is 9.67. The maximum absolute atomic E-state index is 12.3. The second-order valence-electron chi connectivity index (χ2n) is 5.35. The Balaban J connectivity index is 1.64. The van der Waals surface area contributed by atoms with Crippen LogP contribution in [0.1, 0.15) is 23.2 Å². The third kappa shape index (κ3) is 2.88. The zero-order valence-electron chi connectivity index (χ0n) is 11.6. The van der Waals surface area contributed by atoms with E-state index in [1.54, 1.807) is 0 Å². The highest BCUT2D eigenvalue weighted by Gasteiger charge is 2.19. The van der Waals surface area contributed by atoms with Gasteiger partial charge >= 0.3 is 0 Å². The van der Waals surface area contributed by atoms with Crippen LogP contribution in [0, 0.1) is 5.92 Å². The Morgan fingerprint density at radius 3 is 2.90 bits per heavy atom. The molecule has 2 aliphatic heterocycles. The molecule has 1 amide bonds. The SMILES string of the molecule is O=C(NCC1CCOCC1)c1cccc2c1NCCN2. The molecule has 0 unspecified atom stereocenters. The third-order valence-electron chi connectivity index (χ3n) is 3.94. The Labute approximate surface area is 119 Å². The fourth-order valence-electron chi connectivity index (χ4n) is 2.75. The van der Waals surface area contributed by atoms with Crippen molar-refractivity contribution in [3.8, 4) is 0 Å². The van der Waals surface area contributed by atoms with Crippen LogP contribution in [0.3, 0.4) is 0 Å². The lowest BCUT2D eigenvalue weighted by molar-refractivity contribution is 0.0643. The Hall–Kier alpha value is -1.75. The van der Waals surface area contributed by atoms with Gasteiger partial charge in [-0.05, 0) is 30.9 Å². The van der Waals surface area contributed by atoms with Crippen LogP contribution in [-0.2, 0) is 4.74 Å². The van der Waals surface area contributed by atoms with E-state index in [2.05, 4.69) is 16.0 Å². The molecule has 108 valence electrons. The summed E-state index contributed by atoms with van der Waals surface area (Å²) in [4.78, 5) is 12.3. The van der Waals surface area contributed by atoms with Gasteiger partial charge in [0.25, 0.3) is 5.91 Å². The Morgan fingerprint density at radius 1 is 1.25 bits per heavy atom. The molecule has 5 heteroatoms. The summed E-state index contributed by atoms with van der Waals surface area (Å²) in [5.41, 5.74) is 2.65. The number of amides is 1. The first-order chi connectivity index (χ1) is 9.84. The molecule has 3 rings (SSSR count). The highest BCUT2D eigenvalue weighted by molar-refractivity contribution is 6.02. The van der Waals surface area contributed by atoms with Crippen LogP contribution in [-0.4, -0.2) is 38.8 Å². The number of anilines is 2. The van der Waals surface area contributed by atoms with E-state index in [-0.39, 0.29) is 5.91 Å². The fourth-order valence-corrected chi connectivity index (χ4v) is 2.75. The summed E-state index contributed by atoms with van der Waals surface area (Å²) in [5.74, 6) is 0.544. The zero-order valence-corrected chi connectivity index (χ0v) is 11.6. The van der Waals surface area contributed by atoms with Gasteiger partial charge in [0.05, 0.1) is 16.9 Å². The molecule has 0 atom stereocenters. The molecule has 2 aliphatic rings. The number of hydrogen-bond acceptors (Lipinski definition) is 4. The van der Waals surface area contributed by atoms with Crippen LogP contribution in [0.4, 0.5) is 11.4 Å². The minimum atomic E-state index is 0.00421. The second-order valence-corrected chi connectivity index (χ2v) is 5.35. The van der Waals surface area contributed by atoms with Gasteiger partial charge in [-0.25, -0.2) is 0 Å². The minimum absolute atomic E-state index is 0.00421. The Bertz CT molecular complexity index is 484. The predicted octanol–water partition coefficient (Wildman–Crippen LogP) is 1.68. The van der Waals surface area contributed by atoms with E-state index < -0.39 is 0 Å². The van der Waals surface area contributed by atoms with E-state index in [0.29, 0.717) is 5.92 Å². The van der Waals surface area contributed by atoms with Crippen molar-refractivity contribution in [2.45, 2.75) is 12.8 Å². The topological polar surface area (TPSA) is 62.4 Å². The minimum Gasteiger partial charge on any atom is -0.382 e. The summed E-state index contributed by atoms with van der Waals surface area (Å²) >= 11 is 0. The summed E-state index contributed by atoms with van der Waals surface area (Å²) in [7, 11) is 0. The van der Waals surface area contributed by atoms with Gasteiger partial charge < -0.3 is 20.7 Å². The number of benzene rings is 1. The van der Waals surface area contributed by atoms with E-state index in [1.807, 2.05) is 18.2 Å². The molecule has 0 radical (unpaired) electrons. The highest BCUT2D eigenvalue weighted by Crippen LogP contribution is 2.28. The average Bonchev–Trinajstić information content (AvgIpc) is 2.53. The van der Waals surface area contributed by atoms with Crippen LogP contribution in [0.25, 0.3) is 0 Å². The van der Waals surface area contributed by atoms with E-state index in [1.165, 1.54) is 0 Å². The first-order valence-electron chi connectivity index (χ1n) is 7.31. The van der Waals surface area contributed by atoms with E-state index in [9.17, 15) is 4.79 Å². The van der Waals surface area contributed by atoms with Crippen LogP contribution in [0.5, 0.6) is 0 Å². The predicted molar refractivity (Wildman–Crippen MR) is 79.3 cm³/mol. The smallest absolute Gasteiger partial charge is 0.253 e. The quantitative estimate of drug-likeness (QED) is 0.785. The molecule has 1 aromatic rings. The summed E-state index contributed by atoms with van der Waals surface area (Å²) < 4.78 is 5.33. The molecular formula is C15H21N3O2. The first kappa shape index (κ1) is 13.2. The van der Waals surface area contributed by atoms with Gasteiger partial charge in [0.15, 0.2) is 0 Å². The van der Waals surface area contributed by atoms with Crippen molar-refractivity contribution in [1.29, 1.82) is 0 Å². The van der Waals surface area contributed by atoms with Crippen molar-refractivity contribution < 1.29 is 9.53 Å². The number of carbonyl (C=O) groups excluding carboxylic acids is 1. The monoisotopic (exact) mass is 275 g/mol. The van der Waals surface area contributed by atoms with E-state index >= 15 is 0 Å². The number of nitrogens with one attached hydrogen (secondary N) is 3. The second kappa shape index (κ2) is 6.13. The van der Waals surface area contributed by atoms with Gasteiger partial charge in [-0.2, -0.15) is 0 Å². The van der Waals surface area contributed by atoms with Gasteiger partial charge in [-0.1, -0.05) is 6.07 Å².